The maximum Gasteiger partial charge on any atom is 0.405 e. The van der Waals surface area contributed by atoms with Crippen LogP contribution >= 0.6 is 0 Å². The lowest BCUT2D eigenvalue weighted by Crippen LogP contribution is -2.52. The number of anilines is 1. The SMILES string of the molecule is CC1C[C@H](c2ccc3[nH]c(C4CCCN4C(=O)C(NC(=O)O)C4CCOCC4)nc3c2)N(c2ccc(C(C)(C)C)cc2)[C@]1(C)c1ccc2[nH]c(C3CCCN3C(=O)[C@@H](NC(=O)O)C3CCOCC3)nc2c1. The van der Waals surface area contributed by atoms with Crippen LogP contribution in [0.15, 0.2) is 60.7 Å². The number of hydrogen-bond acceptors (Lipinski definition) is 9. The highest BCUT2D eigenvalue weighted by Gasteiger charge is 2.50. The van der Waals surface area contributed by atoms with Gasteiger partial charge in [-0.05, 0) is 141 Å². The number of aromatic amines is 2. The second kappa shape index (κ2) is 19.4. The average molecular weight is 972 g/mol. The summed E-state index contributed by atoms with van der Waals surface area (Å²) in [6.45, 7) is 14.4. The van der Waals surface area contributed by atoms with Crippen LogP contribution in [0.5, 0.6) is 0 Å². The van der Waals surface area contributed by atoms with E-state index in [4.69, 9.17) is 19.4 Å². The highest BCUT2D eigenvalue weighted by molar-refractivity contribution is 5.87. The molecule has 0 saturated carbocycles. The van der Waals surface area contributed by atoms with Crippen LogP contribution in [0.2, 0.25) is 0 Å². The van der Waals surface area contributed by atoms with Gasteiger partial charge in [0, 0.05) is 45.2 Å². The average Bonchev–Trinajstić information content (AvgIpc) is 4.22. The fourth-order valence-corrected chi connectivity index (χ4v) is 12.5. The lowest BCUT2D eigenvalue weighted by molar-refractivity contribution is -0.137. The minimum Gasteiger partial charge on any atom is -0.465 e. The zero-order chi connectivity index (χ0) is 49.8. The molecule has 7 atom stereocenters. The van der Waals surface area contributed by atoms with Crippen LogP contribution in [-0.2, 0) is 30.0 Å². The Morgan fingerprint density at radius 3 is 1.68 bits per heavy atom. The van der Waals surface area contributed by atoms with E-state index in [0.717, 1.165) is 71.0 Å². The molecular formula is C54H69N9O8. The first-order valence-corrected chi connectivity index (χ1v) is 25.7. The number of ether oxygens (including phenoxy) is 2. The molecule has 17 heteroatoms. The molecule has 4 amide bonds. The topological polar surface area (TPSA) is 218 Å². The van der Waals surface area contributed by atoms with Gasteiger partial charge in [-0.1, -0.05) is 52.0 Å². The van der Waals surface area contributed by atoms with Crippen molar-refractivity contribution in [1.29, 1.82) is 0 Å². The molecule has 0 spiro atoms. The second-order valence-corrected chi connectivity index (χ2v) is 21.9. The number of benzene rings is 3. The Balaban J connectivity index is 0.960. The molecule has 17 nitrogen and oxygen atoms in total. The van der Waals surface area contributed by atoms with E-state index in [2.05, 4.69) is 121 Å². The van der Waals surface area contributed by atoms with Crippen LogP contribution in [0.25, 0.3) is 22.1 Å². The Morgan fingerprint density at radius 1 is 0.690 bits per heavy atom. The van der Waals surface area contributed by atoms with Gasteiger partial charge in [0.2, 0.25) is 11.8 Å². The number of likely N-dealkylation sites (tertiary alicyclic amines) is 2. The van der Waals surface area contributed by atoms with E-state index in [1.807, 2.05) is 9.80 Å². The largest absolute Gasteiger partial charge is 0.465 e. The van der Waals surface area contributed by atoms with Gasteiger partial charge in [0.1, 0.15) is 23.7 Å². The third kappa shape index (κ3) is 9.31. The number of nitrogens with zero attached hydrogens (tertiary/aromatic N) is 5. The number of fused-ring (bicyclic) bond motifs is 2. The highest BCUT2D eigenvalue weighted by Crippen LogP contribution is 2.55. The number of rotatable bonds is 11. The number of aromatic nitrogens is 4. The molecule has 3 aromatic carbocycles. The summed E-state index contributed by atoms with van der Waals surface area (Å²) in [5, 5.41) is 24.6. The summed E-state index contributed by atoms with van der Waals surface area (Å²) in [7, 11) is 0. The van der Waals surface area contributed by atoms with Crippen LogP contribution in [0.3, 0.4) is 0 Å². The molecule has 7 heterocycles. The molecule has 6 N–H and O–H groups in total. The Kier molecular flexibility index (Phi) is 13.3. The number of imidazole rings is 2. The number of carbonyl (C=O) groups excluding carboxylic acids is 2. The summed E-state index contributed by atoms with van der Waals surface area (Å²) in [5.41, 5.74) is 7.45. The van der Waals surface area contributed by atoms with Gasteiger partial charge < -0.3 is 55.0 Å². The molecule has 71 heavy (non-hydrogen) atoms. The van der Waals surface area contributed by atoms with E-state index < -0.39 is 29.8 Å². The normalized spacial score (nSPS) is 25.5. The van der Waals surface area contributed by atoms with E-state index in [1.165, 1.54) is 5.56 Å². The molecule has 5 aliphatic heterocycles. The number of hydrogen-bond donors (Lipinski definition) is 6. The van der Waals surface area contributed by atoms with Crippen molar-refractivity contribution in [3.8, 4) is 0 Å². The van der Waals surface area contributed by atoms with Gasteiger partial charge in [0.05, 0.1) is 45.7 Å². The number of carbonyl (C=O) groups is 4. The first-order valence-electron chi connectivity index (χ1n) is 25.7. The molecule has 0 bridgehead atoms. The molecule has 2 aromatic heterocycles. The van der Waals surface area contributed by atoms with Crippen molar-refractivity contribution in [2.75, 3.05) is 44.4 Å². The summed E-state index contributed by atoms with van der Waals surface area (Å²) in [6.07, 6.45) is 3.96. The van der Waals surface area contributed by atoms with Gasteiger partial charge in [-0.2, -0.15) is 0 Å². The van der Waals surface area contributed by atoms with Crippen LogP contribution in [0, 0.1) is 17.8 Å². The van der Waals surface area contributed by atoms with Crippen LogP contribution < -0.4 is 15.5 Å². The molecule has 5 aromatic rings. The molecule has 0 aliphatic carbocycles. The van der Waals surface area contributed by atoms with E-state index in [-0.39, 0.29) is 53.1 Å². The standard InChI is InChI=1S/C54H69N9O8/c1-31-28-44(34-10-16-38-40(29-34)57-47(55-38)42-8-6-22-61(42)49(64)45(59-51(66)67)32-18-24-70-25-19-32)63(37-14-11-35(12-15-37)53(2,3)4)54(31,5)36-13-17-39-41(30-36)58-48(56-39)43-9-7-23-62(43)50(65)46(60-52(68)69)33-20-26-71-27-21-33/h10-17,29-33,42-46,59-60H,6-9,18-28H2,1-5H3,(H,55,57)(H,56,58)(H,66,67)(H,68,69)/t31?,42?,43?,44-,45?,46+,54+/m1/s1. The van der Waals surface area contributed by atoms with Crippen LogP contribution in [0.1, 0.15) is 139 Å². The Hall–Kier alpha value is -6.20. The maximum atomic E-state index is 14.2. The predicted molar refractivity (Wildman–Crippen MR) is 268 cm³/mol. The molecule has 378 valence electrons. The van der Waals surface area contributed by atoms with Crippen molar-refractivity contribution in [1.82, 2.24) is 40.4 Å². The van der Waals surface area contributed by atoms with E-state index in [1.54, 1.807) is 0 Å². The van der Waals surface area contributed by atoms with E-state index in [9.17, 15) is 29.4 Å². The van der Waals surface area contributed by atoms with Gasteiger partial charge in [-0.15, -0.1) is 0 Å². The summed E-state index contributed by atoms with van der Waals surface area (Å²) >= 11 is 0. The number of amides is 4. The van der Waals surface area contributed by atoms with Crippen molar-refractivity contribution in [3.05, 3.63) is 89.0 Å². The Bertz CT molecular complexity index is 2770. The predicted octanol–water partition coefficient (Wildman–Crippen LogP) is 8.69. The van der Waals surface area contributed by atoms with Crippen molar-refractivity contribution >= 4 is 51.8 Å². The molecule has 5 saturated heterocycles. The molecule has 0 radical (unpaired) electrons. The van der Waals surface area contributed by atoms with Crippen LogP contribution in [-0.4, -0.2) is 116 Å². The minimum atomic E-state index is -1.20. The monoisotopic (exact) mass is 972 g/mol. The highest BCUT2D eigenvalue weighted by atomic mass is 16.5. The third-order valence-electron chi connectivity index (χ3n) is 16.6. The molecule has 4 unspecified atom stereocenters. The van der Waals surface area contributed by atoms with E-state index in [0.29, 0.717) is 76.8 Å². The van der Waals surface area contributed by atoms with Crippen molar-refractivity contribution < 1.29 is 38.9 Å². The van der Waals surface area contributed by atoms with Crippen molar-refractivity contribution in [3.63, 3.8) is 0 Å². The van der Waals surface area contributed by atoms with Crippen molar-refractivity contribution in [2.45, 2.75) is 134 Å². The first kappa shape index (κ1) is 48.4. The minimum absolute atomic E-state index is 0.0268. The quantitative estimate of drug-likeness (QED) is 0.0736. The molecular weight excluding hydrogens is 903 g/mol. The Labute approximate surface area is 414 Å². The van der Waals surface area contributed by atoms with Gasteiger partial charge >= 0.3 is 12.2 Å². The number of carboxylic acid groups (broad SMARTS) is 2. The molecule has 5 fully saturated rings. The van der Waals surface area contributed by atoms with Gasteiger partial charge in [0.25, 0.3) is 0 Å². The maximum absolute atomic E-state index is 14.2. The lowest BCUT2D eigenvalue weighted by atomic mass is 9.80. The third-order valence-corrected chi connectivity index (χ3v) is 16.6. The smallest absolute Gasteiger partial charge is 0.405 e. The first-order chi connectivity index (χ1) is 34.1. The molecule has 10 rings (SSSR count). The Morgan fingerprint density at radius 2 is 1.18 bits per heavy atom. The summed E-state index contributed by atoms with van der Waals surface area (Å²) in [5.74, 6) is 0.903. The van der Waals surface area contributed by atoms with Gasteiger partial charge in [-0.25, -0.2) is 19.6 Å². The fraction of sp³-hybridized carbons (Fsp3) is 0.556. The van der Waals surface area contributed by atoms with Gasteiger partial charge in [0.15, 0.2) is 0 Å². The fourth-order valence-electron chi connectivity index (χ4n) is 12.5. The van der Waals surface area contributed by atoms with E-state index >= 15 is 0 Å². The number of nitrogens with one attached hydrogen (secondary N) is 4. The van der Waals surface area contributed by atoms with Crippen molar-refractivity contribution in [2.24, 2.45) is 17.8 Å². The van der Waals surface area contributed by atoms with Gasteiger partial charge in [-0.3, -0.25) is 9.59 Å². The van der Waals surface area contributed by atoms with Crippen LogP contribution in [0.4, 0.5) is 15.3 Å². The number of H-pyrrole nitrogens is 2. The summed E-state index contributed by atoms with van der Waals surface area (Å²) in [4.78, 5) is 76.0. The zero-order valence-electron chi connectivity index (χ0n) is 41.6. The summed E-state index contributed by atoms with van der Waals surface area (Å²) in [6, 6.07) is 19.6. The zero-order valence-corrected chi connectivity index (χ0v) is 41.6. The summed E-state index contributed by atoms with van der Waals surface area (Å²) < 4.78 is 11.1. The lowest BCUT2D eigenvalue weighted by Gasteiger charge is -2.43. The second-order valence-electron chi connectivity index (χ2n) is 21.9. The molecule has 5 aliphatic rings.